The van der Waals surface area contributed by atoms with E-state index in [0.29, 0.717) is 34.9 Å². The van der Waals surface area contributed by atoms with Crippen LogP contribution in [0.5, 0.6) is 5.75 Å². The molecule has 0 spiro atoms. The maximum Gasteiger partial charge on any atom is 0.330 e. The van der Waals surface area contributed by atoms with Crippen molar-refractivity contribution < 1.29 is 19.4 Å². The predicted octanol–water partition coefficient (Wildman–Crippen LogP) is 7.39. The van der Waals surface area contributed by atoms with E-state index < -0.39 is 17.4 Å². The first-order chi connectivity index (χ1) is 21.2. The number of nitrogens with zero attached hydrogens (tertiary/aromatic N) is 2. The molecule has 4 aliphatic rings. The number of pyridine rings is 1. The number of halogens is 2. The van der Waals surface area contributed by atoms with E-state index in [1.165, 1.54) is 12.0 Å². The van der Waals surface area contributed by atoms with E-state index in [9.17, 15) is 14.7 Å². The largest absolute Gasteiger partial charge is 0.492 e. The molecule has 1 aromatic heterocycles. The molecule has 0 aliphatic heterocycles. The molecular weight excluding hydrogens is 609 g/mol. The lowest BCUT2D eigenvalue weighted by molar-refractivity contribution is -0.163. The summed E-state index contributed by atoms with van der Waals surface area (Å²) in [5.74, 6) is 0.278. The van der Waals surface area contributed by atoms with Crippen LogP contribution in [0.25, 0.3) is 22.4 Å². The number of aromatic nitrogens is 1. The summed E-state index contributed by atoms with van der Waals surface area (Å²) < 4.78 is 6.08. The molecule has 0 radical (unpaired) electrons. The Kier molecular flexibility index (Phi) is 10.1. The smallest absolute Gasteiger partial charge is 0.330 e. The molecule has 4 fully saturated rings. The van der Waals surface area contributed by atoms with Gasteiger partial charge in [-0.05, 0) is 118 Å². The van der Waals surface area contributed by atoms with Crippen LogP contribution in [0.2, 0.25) is 5.02 Å². The highest BCUT2D eigenvalue weighted by atomic mass is 35.5. The highest BCUT2D eigenvalue weighted by Gasteiger charge is 2.62. The Morgan fingerprint density at radius 1 is 1.00 bits per heavy atom. The molecule has 3 aromatic rings. The van der Waals surface area contributed by atoms with Crippen LogP contribution in [-0.4, -0.2) is 59.7 Å². The number of rotatable bonds is 11. The zero-order chi connectivity index (χ0) is 31.0. The zero-order valence-corrected chi connectivity index (χ0v) is 27.8. The van der Waals surface area contributed by atoms with E-state index in [1.54, 1.807) is 12.1 Å². The van der Waals surface area contributed by atoms with Crippen molar-refractivity contribution in [2.24, 2.45) is 23.7 Å². The van der Waals surface area contributed by atoms with Crippen LogP contribution in [-0.2, 0) is 11.2 Å². The maximum absolute atomic E-state index is 14.0. The molecule has 1 heterocycles. The first-order valence-electron chi connectivity index (χ1n) is 15.9. The third-order valence-corrected chi connectivity index (χ3v) is 10.4. The quantitative estimate of drug-likeness (QED) is 0.210. The molecule has 4 aliphatic carbocycles. The molecule has 4 bridgehead atoms. The van der Waals surface area contributed by atoms with Crippen LogP contribution in [0.1, 0.15) is 61.5 Å². The first-order valence-corrected chi connectivity index (χ1v) is 16.3. The molecule has 4 saturated carbocycles. The standard InChI is InChI=1S/C36H42ClN3O4.ClH/c1-4-24-8-5-6-9-28(24)29-11-13-31(38-33(29)25-10-12-30(37)32(21-25)44-15-7-14-40(2)3)34(41)39-36(35(42)43)26-17-22-16-23(19-26)20-27(36)18-22;/h5-6,8-13,21-23,26-27H,4,7,14-20H2,1-3H3,(H,39,41)(H,42,43);1H. The fraction of sp³-hybridized carbons (Fsp3) is 0.472. The van der Waals surface area contributed by atoms with Crippen LogP contribution < -0.4 is 10.1 Å². The second kappa shape index (κ2) is 13.7. The predicted molar refractivity (Wildman–Crippen MR) is 180 cm³/mol. The Bertz CT molecular complexity index is 1530. The molecule has 2 N–H and O–H groups in total. The fourth-order valence-corrected chi connectivity index (χ4v) is 8.40. The summed E-state index contributed by atoms with van der Waals surface area (Å²) in [7, 11) is 4.05. The third kappa shape index (κ3) is 6.45. The van der Waals surface area contributed by atoms with Gasteiger partial charge >= 0.3 is 5.97 Å². The third-order valence-electron chi connectivity index (χ3n) is 10.1. The van der Waals surface area contributed by atoms with Gasteiger partial charge in [-0.3, -0.25) is 4.79 Å². The van der Waals surface area contributed by atoms with Gasteiger partial charge in [0, 0.05) is 17.7 Å². The molecule has 7 nitrogen and oxygen atoms in total. The number of carboxylic acids is 1. The van der Waals surface area contributed by atoms with Gasteiger partial charge in [0.1, 0.15) is 17.0 Å². The summed E-state index contributed by atoms with van der Waals surface area (Å²) in [6.07, 6.45) is 6.36. The average molecular weight is 653 g/mol. The second-order valence-corrected chi connectivity index (χ2v) is 13.6. The zero-order valence-electron chi connectivity index (χ0n) is 26.2. The Morgan fingerprint density at radius 2 is 1.69 bits per heavy atom. The van der Waals surface area contributed by atoms with E-state index in [2.05, 4.69) is 29.3 Å². The lowest BCUT2D eigenvalue weighted by atomic mass is 9.48. The average Bonchev–Trinajstić information content (AvgIpc) is 3.01. The fourth-order valence-electron chi connectivity index (χ4n) is 8.22. The molecule has 2 aromatic carbocycles. The van der Waals surface area contributed by atoms with Gasteiger partial charge in [0.05, 0.1) is 17.3 Å². The van der Waals surface area contributed by atoms with Crippen LogP contribution >= 0.6 is 24.0 Å². The first kappa shape index (κ1) is 33.2. The Hall–Kier alpha value is -3.13. The molecule has 1 amide bonds. The van der Waals surface area contributed by atoms with Crippen LogP contribution in [0.3, 0.4) is 0 Å². The molecule has 45 heavy (non-hydrogen) atoms. The number of aryl methyl sites for hydroxylation is 1. The van der Waals surface area contributed by atoms with E-state index in [1.807, 2.05) is 44.4 Å². The Labute approximate surface area is 277 Å². The van der Waals surface area contributed by atoms with Gasteiger partial charge in [0.2, 0.25) is 0 Å². The number of benzene rings is 2. The number of hydrogen-bond donors (Lipinski definition) is 2. The molecule has 9 heteroatoms. The van der Waals surface area contributed by atoms with Crippen molar-refractivity contribution in [1.29, 1.82) is 0 Å². The molecule has 7 rings (SSSR count). The van der Waals surface area contributed by atoms with Gasteiger partial charge in [-0.1, -0.05) is 48.9 Å². The summed E-state index contributed by atoms with van der Waals surface area (Å²) in [5.41, 5.74) is 3.46. The number of carbonyl (C=O) groups is 2. The van der Waals surface area contributed by atoms with Gasteiger partial charge in [0.15, 0.2) is 0 Å². The van der Waals surface area contributed by atoms with Gasteiger partial charge in [-0.2, -0.15) is 0 Å². The van der Waals surface area contributed by atoms with E-state index >= 15 is 0 Å². The van der Waals surface area contributed by atoms with Crippen molar-refractivity contribution in [1.82, 2.24) is 15.2 Å². The van der Waals surface area contributed by atoms with Crippen molar-refractivity contribution >= 4 is 35.9 Å². The van der Waals surface area contributed by atoms with Crippen molar-refractivity contribution in [3.63, 3.8) is 0 Å². The minimum Gasteiger partial charge on any atom is -0.492 e. The summed E-state index contributed by atoms with van der Waals surface area (Å²) in [5, 5.41) is 14.2. The minimum atomic E-state index is -1.24. The number of hydrogen-bond acceptors (Lipinski definition) is 5. The normalized spacial score (nSPS) is 24.7. The van der Waals surface area contributed by atoms with Crippen LogP contribution in [0, 0.1) is 23.7 Å². The number of carbonyl (C=O) groups excluding carboxylic acids is 1. The van der Waals surface area contributed by atoms with E-state index in [0.717, 1.165) is 61.8 Å². The maximum atomic E-state index is 14.0. The lowest BCUT2D eigenvalue weighted by Gasteiger charge is -2.59. The van der Waals surface area contributed by atoms with Gasteiger partial charge in [-0.25, -0.2) is 9.78 Å². The Morgan fingerprint density at radius 3 is 2.33 bits per heavy atom. The number of nitrogens with one attached hydrogen (secondary N) is 1. The second-order valence-electron chi connectivity index (χ2n) is 13.2. The SMILES string of the molecule is CCc1ccccc1-c1ccc(C(=O)NC2(C(=O)O)C3CC4CC(C3)CC2C4)nc1-c1ccc(Cl)c(OCCCN(C)C)c1.Cl. The molecule has 0 atom stereocenters. The van der Waals surface area contributed by atoms with Crippen molar-refractivity contribution in [2.45, 2.75) is 57.4 Å². The highest BCUT2D eigenvalue weighted by Crippen LogP contribution is 2.58. The van der Waals surface area contributed by atoms with E-state index in [-0.39, 0.29) is 29.9 Å². The van der Waals surface area contributed by atoms with Crippen LogP contribution in [0.4, 0.5) is 0 Å². The molecule has 0 unspecified atom stereocenters. The van der Waals surface area contributed by atoms with Crippen molar-refractivity contribution in [3.05, 3.63) is 70.9 Å². The van der Waals surface area contributed by atoms with Gasteiger partial charge in [-0.15, -0.1) is 12.4 Å². The van der Waals surface area contributed by atoms with E-state index in [4.69, 9.17) is 21.3 Å². The van der Waals surface area contributed by atoms with Crippen molar-refractivity contribution in [2.75, 3.05) is 27.2 Å². The highest BCUT2D eigenvalue weighted by molar-refractivity contribution is 6.32. The molecule has 0 saturated heterocycles. The number of ether oxygens (including phenoxy) is 1. The topological polar surface area (TPSA) is 91.8 Å². The summed E-state index contributed by atoms with van der Waals surface area (Å²) in [4.78, 5) is 33.9. The van der Waals surface area contributed by atoms with Gasteiger partial charge < -0.3 is 20.1 Å². The number of carboxylic acid groups (broad SMARTS) is 1. The van der Waals surface area contributed by atoms with Gasteiger partial charge in [0.25, 0.3) is 5.91 Å². The minimum absolute atomic E-state index is 0. The lowest BCUT2D eigenvalue weighted by Crippen LogP contribution is -2.70. The van der Waals surface area contributed by atoms with Crippen molar-refractivity contribution in [3.8, 4) is 28.1 Å². The molecule has 240 valence electrons. The summed E-state index contributed by atoms with van der Waals surface area (Å²) >= 11 is 6.55. The number of amides is 1. The Balaban J connectivity index is 0.00000400. The van der Waals surface area contributed by atoms with Crippen LogP contribution in [0.15, 0.2) is 54.6 Å². The summed E-state index contributed by atoms with van der Waals surface area (Å²) in [6, 6.07) is 17.4. The monoisotopic (exact) mass is 651 g/mol. The number of aliphatic carboxylic acids is 1. The molecular formula is C36H43Cl2N3O4. The summed E-state index contributed by atoms with van der Waals surface area (Å²) in [6.45, 7) is 3.53.